The zero-order chi connectivity index (χ0) is 25.5. The zero-order valence-corrected chi connectivity index (χ0v) is 21.0. The van der Waals surface area contributed by atoms with E-state index in [4.69, 9.17) is 16.3 Å². The summed E-state index contributed by atoms with van der Waals surface area (Å²) in [6.45, 7) is -0.479. The van der Waals surface area contributed by atoms with E-state index in [0.29, 0.717) is 10.7 Å². The van der Waals surface area contributed by atoms with E-state index in [2.05, 4.69) is 10.3 Å². The van der Waals surface area contributed by atoms with Gasteiger partial charge in [-0.3, -0.25) is 14.1 Å². The van der Waals surface area contributed by atoms with E-state index in [9.17, 15) is 13.2 Å². The number of halogens is 1. The van der Waals surface area contributed by atoms with Crippen LogP contribution in [0.3, 0.4) is 0 Å². The van der Waals surface area contributed by atoms with Gasteiger partial charge in [0.05, 0.1) is 17.7 Å². The predicted octanol–water partition coefficient (Wildman–Crippen LogP) is 5.17. The molecule has 3 aromatic carbocycles. The number of carbonyl (C=O) groups is 1. The van der Waals surface area contributed by atoms with Gasteiger partial charge in [0.25, 0.3) is 10.0 Å². The van der Waals surface area contributed by atoms with Crippen molar-refractivity contribution >= 4 is 38.9 Å². The van der Waals surface area contributed by atoms with E-state index < -0.39 is 22.5 Å². The van der Waals surface area contributed by atoms with E-state index in [1.165, 1.54) is 25.3 Å². The summed E-state index contributed by atoms with van der Waals surface area (Å²) < 4.78 is 33.5. The van der Waals surface area contributed by atoms with E-state index in [1.54, 1.807) is 54.9 Å². The summed E-state index contributed by atoms with van der Waals surface area (Å²) in [5, 5.41) is 3.09. The highest BCUT2D eigenvalue weighted by molar-refractivity contribution is 7.92. The number of nitrogens with zero attached hydrogens (tertiary/aromatic N) is 2. The topological polar surface area (TPSA) is 88.6 Å². The van der Waals surface area contributed by atoms with Crippen molar-refractivity contribution in [3.05, 3.63) is 113 Å². The number of carbonyl (C=O) groups excluding carboxylic acids is 1. The molecule has 0 aliphatic rings. The summed E-state index contributed by atoms with van der Waals surface area (Å²) in [6, 6.07) is 23.8. The largest absolute Gasteiger partial charge is 0.495 e. The van der Waals surface area contributed by atoms with Crippen molar-refractivity contribution in [1.29, 1.82) is 0 Å². The summed E-state index contributed by atoms with van der Waals surface area (Å²) in [6.07, 6.45) is 4.22. The van der Waals surface area contributed by atoms with Crippen LogP contribution < -0.4 is 14.4 Å². The number of aromatic nitrogens is 1. The molecule has 4 rings (SSSR count). The maximum atomic E-state index is 13.6. The van der Waals surface area contributed by atoms with Crippen molar-refractivity contribution in [3.8, 4) is 5.75 Å². The Bertz CT molecular complexity index is 1430. The Morgan fingerprint density at radius 3 is 2.28 bits per heavy atom. The molecule has 0 radical (unpaired) electrons. The second-order valence-corrected chi connectivity index (χ2v) is 10.2. The second-order valence-electron chi connectivity index (χ2n) is 7.92. The number of ether oxygens (including phenoxy) is 1. The van der Waals surface area contributed by atoms with E-state index in [1.807, 2.05) is 24.3 Å². The van der Waals surface area contributed by atoms with Crippen LogP contribution in [0.4, 0.5) is 11.4 Å². The number of nitrogens with one attached hydrogen (secondary N) is 1. The fourth-order valence-corrected chi connectivity index (χ4v) is 5.26. The van der Waals surface area contributed by atoms with Crippen molar-refractivity contribution in [2.75, 3.05) is 23.3 Å². The zero-order valence-electron chi connectivity index (χ0n) is 19.5. The number of sulfonamides is 1. The van der Waals surface area contributed by atoms with Gasteiger partial charge in [0.2, 0.25) is 5.91 Å². The molecule has 0 aliphatic heterocycles. The first kappa shape index (κ1) is 25.2. The van der Waals surface area contributed by atoms with Crippen LogP contribution in [0.15, 0.2) is 102 Å². The molecule has 9 heteroatoms. The van der Waals surface area contributed by atoms with Crippen LogP contribution in [0.2, 0.25) is 5.02 Å². The maximum absolute atomic E-state index is 13.6. The van der Waals surface area contributed by atoms with E-state index >= 15 is 0 Å². The summed E-state index contributed by atoms with van der Waals surface area (Å²) in [5.41, 5.74) is 2.90. The van der Waals surface area contributed by atoms with Gasteiger partial charge in [-0.1, -0.05) is 41.9 Å². The number of amides is 1. The molecule has 0 spiro atoms. The number of hydrogen-bond acceptors (Lipinski definition) is 5. The molecule has 184 valence electrons. The monoisotopic (exact) mass is 521 g/mol. The molecule has 0 fully saturated rings. The lowest BCUT2D eigenvalue weighted by molar-refractivity contribution is -0.114. The fraction of sp³-hybridized carbons (Fsp3) is 0.111. The molecule has 36 heavy (non-hydrogen) atoms. The standard InChI is InChI=1S/C27H24ClN3O4S/c1-35-26-12-9-22(28)18-25(26)31(36(33,34)24-5-3-2-4-6-24)19-27(32)30-23-10-7-20(8-11-23)17-21-13-15-29-16-14-21/h2-16,18H,17,19H2,1H3,(H,30,32). The summed E-state index contributed by atoms with van der Waals surface area (Å²) in [5.74, 6) is -0.245. The molecule has 7 nitrogen and oxygen atoms in total. The molecule has 1 N–H and O–H groups in total. The van der Waals surface area contributed by atoms with Crippen molar-refractivity contribution in [1.82, 2.24) is 4.98 Å². The molecule has 0 aliphatic carbocycles. The van der Waals surface area contributed by atoms with E-state index in [0.717, 1.165) is 21.9 Å². The number of benzene rings is 3. The molecule has 4 aromatic rings. The summed E-state index contributed by atoms with van der Waals surface area (Å²) >= 11 is 6.17. The third kappa shape index (κ3) is 6.02. The molecular weight excluding hydrogens is 498 g/mol. The average Bonchev–Trinajstić information content (AvgIpc) is 2.89. The lowest BCUT2D eigenvalue weighted by Crippen LogP contribution is -2.38. The van der Waals surface area contributed by atoms with Crippen molar-refractivity contribution in [3.63, 3.8) is 0 Å². The molecule has 1 amide bonds. The fourth-order valence-electron chi connectivity index (χ4n) is 3.65. The van der Waals surface area contributed by atoms with Gasteiger partial charge in [0.1, 0.15) is 12.3 Å². The van der Waals surface area contributed by atoms with Crippen LogP contribution in [-0.4, -0.2) is 33.0 Å². The Labute approximate surface area is 215 Å². The molecule has 0 atom stereocenters. The minimum absolute atomic E-state index is 0.0419. The Balaban J connectivity index is 1.57. The van der Waals surface area contributed by atoms with Gasteiger partial charge in [-0.05, 0) is 72.1 Å². The van der Waals surface area contributed by atoms with Crippen molar-refractivity contribution in [2.24, 2.45) is 0 Å². The maximum Gasteiger partial charge on any atom is 0.264 e. The molecule has 0 bridgehead atoms. The number of hydrogen-bond donors (Lipinski definition) is 1. The highest BCUT2D eigenvalue weighted by atomic mass is 35.5. The Morgan fingerprint density at radius 2 is 1.61 bits per heavy atom. The quantitative estimate of drug-likeness (QED) is 0.328. The Hall–Kier alpha value is -3.88. The first-order valence-electron chi connectivity index (χ1n) is 11.1. The summed E-state index contributed by atoms with van der Waals surface area (Å²) in [7, 11) is -2.68. The SMILES string of the molecule is COc1ccc(Cl)cc1N(CC(=O)Nc1ccc(Cc2ccncc2)cc1)S(=O)(=O)c1ccccc1. The predicted molar refractivity (Wildman–Crippen MR) is 141 cm³/mol. The van der Waals surface area contributed by atoms with Crippen molar-refractivity contribution < 1.29 is 17.9 Å². The normalized spacial score (nSPS) is 11.1. The molecule has 0 saturated carbocycles. The number of rotatable bonds is 9. The van der Waals surface area contributed by atoms with Crippen LogP contribution in [0, 0.1) is 0 Å². The third-order valence-electron chi connectivity index (χ3n) is 5.42. The molecule has 0 saturated heterocycles. The third-order valence-corrected chi connectivity index (χ3v) is 7.43. The lowest BCUT2D eigenvalue weighted by atomic mass is 10.1. The van der Waals surface area contributed by atoms with Crippen LogP contribution in [-0.2, 0) is 21.2 Å². The van der Waals surface area contributed by atoms with Crippen LogP contribution >= 0.6 is 11.6 Å². The smallest absolute Gasteiger partial charge is 0.264 e. The van der Waals surface area contributed by atoms with Gasteiger partial charge in [-0.2, -0.15) is 0 Å². The van der Waals surface area contributed by atoms with Gasteiger partial charge in [0, 0.05) is 23.1 Å². The highest BCUT2D eigenvalue weighted by Crippen LogP contribution is 2.34. The summed E-state index contributed by atoms with van der Waals surface area (Å²) in [4.78, 5) is 17.1. The van der Waals surface area contributed by atoms with Gasteiger partial charge in [-0.25, -0.2) is 8.42 Å². The highest BCUT2D eigenvalue weighted by Gasteiger charge is 2.29. The lowest BCUT2D eigenvalue weighted by Gasteiger charge is -2.26. The molecule has 1 aromatic heterocycles. The van der Waals surface area contributed by atoms with Crippen LogP contribution in [0.25, 0.3) is 0 Å². The minimum Gasteiger partial charge on any atom is -0.495 e. The van der Waals surface area contributed by atoms with Crippen LogP contribution in [0.1, 0.15) is 11.1 Å². The molecular formula is C27H24ClN3O4S. The average molecular weight is 522 g/mol. The molecule has 0 unspecified atom stereocenters. The number of methoxy groups -OCH3 is 1. The number of pyridine rings is 1. The van der Waals surface area contributed by atoms with Gasteiger partial charge >= 0.3 is 0 Å². The second kappa shape index (κ2) is 11.2. The van der Waals surface area contributed by atoms with Gasteiger partial charge < -0.3 is 10.1 Å². The van der Waals surface area contributed by atoms with Gasteiger partial charge in [0.15, 0.2) is 0 Å². The van der Waals surface area contributed by atoms with Crippen molar-refractivity contribution in [2.45, 2.75) is 11.3 Å². The first-order chi connectivity index (χ1) is 17.4. The number of anilines is 2. The van der Waals surface area contributed by atoms with E-state index in [-0.39, 0.29) is 16.3 Å². The molecule has 1 heterocycles. The Morgan fingerprint density at radius 1 is 0.944 bits per heavy atom. The van der Waals surface area contributed by atoms with Crippen LogP contribution in [0.5, 0.6) is 5.75 Å². The Kier molecular flexibility index (Phi) is 7.87. The minimum atomic E-state index is -4.10. The first-order valence-corrected chi connectivity index (χ1v) is 12.9. The van der Waals surface area contributed by atoms with Gasteiger partial charge in [-0.15, -0.1) is 0 Å².